The summed E-state index contributed by atoms with van der Waals surface area (Å²) >= 11 is 0. The first-order valence-corrected chi connectivity index (χ1v) is 11.1. The van der Waals surface area contributed by atoms with E-state index in [9.17, 15) is 9.59 Å². The van der Waals surface area contributed by atoms with Crippen molar-refractivity contribution in [2.24, 2.45) is 0 Å². The molecule has 0 radical (unpaired) electrons. The van der Waals surface area contributed by atoms with Gasteiger partial charge in [0.2, 0.25) is 5.91 Å². The first-order chi connectivity index (χ1) is 15.1. The van der Waals surface area contributed by atoms with Crippen molar-refractivity contribution in [3.63, 3.8) is 0 Å². The summed E-state index contributed by atoms with van der Waals surface area (Å²) in [4.78, 5) is 26.0. The van der Waals surface area contributed by atoms with Crippen LogP contribution >= 0.6 is 0 Å². The van der Waals surface area contributed by atoms with Gasteiger partial charge in [0.15, 0.2) is 17.3 Å². The standard InChI is InChI=1S/C25H32N2O4/c1-3-30-23-9-4-5-10-24(23)31-17-16-26-15-7-6-8-22(28)20-11-13-21-19(18-20)12-14-25(29)27(21)2/h4-5,9-11,13,18,26H,3,6-8,12,14-17H2,1-2H3. The van der Waals surface area contributed by atoms with E-state index in [1.54, 1.807) is 11.9 Å². The molecule has 1 amide bonds. The fourth-order valence-electron chi connectivity index (χ4n) is 3.71. The lowest BCUT2D eigenvalue weighted by Crippen LogP contribution is -2.31. The van der Waals surface area contributed by atoms with Crippen LogP contribution in [0.15, 0.2) is 42.5 Å². The third-order valence-electron chi connectivity index (χ3n) is 5.44. The van der Waals surface area contributed by atoms with Gasteiger partial charge in [-0.1, -0.05) is 12.1 Å². The van der Waals surface area contributed by atoms with Gasteiger partial charge < -0.3 is 19.7 Å². The van der Waals surface area contributed by atoms with Crippen LogP contribution in [0.25, 0.3) is 0 Å². The minimum Gasteiger partial charge on any atom is -0.490 e. The minimum absolute atomic E-state index is 0.128. The molecule has 0 aliphatic carbocycles. The summed E-state index contributed by atoms with van der Waals surface area (Å²) < 4.78 is 11.3. The van der Waals surface area contributed by atoms with E-state index >= 15 is 0 Å². The normalized spacial score (nSPS) is 13.1. The monoisotopic (exact) mass is 424 g/mol. The number of anilines is 1. The number of ether oxygens (including phenoxy) is 2. The Bertz CT molecular complexity index is 897. The average molecular weight is 425 g/mol. The molecule has 3 rings (SSSR count). The van der Waals surface area contributed by atoms with Crippen molar-refractivity contribution >= 4 is 17.4 Å². The molecular weight excluding hydrogens is 392 g/mol. The third-order valence-corrected chi connectivity index (χ3v) is 5.44. The van der Waals surface area contributed by atoms with E-state index in [0.717, 1.165) is 54.2 Å². The molecule has 0 unspecified atom stereocenters. The van der Waals surface area contributed by atoms with Gasteiger partial charge in [0.05, 0.1) is 6.61 Å². The van der Waals surface area contributed by atoms with Gasteiger partial charge in [0.1, 0.15) is 6.61 Å². The summed E-state index contributed by atoms with van der Waals surface area (Å²) in [6.45, 7) is 4.72. The molecule has 0 atom stereocenters. The molecule has 2 aromatic carbocycles. The molecule has 1 N–H and O–H groups in total. The lowest BCUT2D eigenvalue weighted by molar-refractivity contribution is -0.118. The van der Waals surface area contributed by atoms with E-state index in [1.165, 1.54) is 0 Å². The van der Waals surface area contributed by atoms with Gasteiger partial charge in [0, 0.05) is 37.7 Å². The van der Waals surface area contributed by atoms with Crippen LogP contribution in [0.5, 0.6) is 11.5 Å². The largest absolute Gasteiger partial charge is 0.490 e. The Morgan fingerprint density at radius 3 is 2.58 bits per heavy atom. The van der Waals surface area contributed by atoms with E-state index in [2.05, 4.69) is 5.32 Å². The SMILES string of the molecule is CCOc1ccccc1OCCNCCCCC(=O)c1ccc2c(c1)CCC(=O)N2C. The molecule has 1 aliphatic rings. The van der Waals surface area contributed by atoms with Gasteiger partial charge >= 0.3 is 0 Å². The highest BCUT2D eigenvalue weighted by atomic mass is 16.5. The Kier molecular flexibility index (Phi) is 8.47. The third kappa shape index (κ3) is 6.31. The molecule has 0 aromatic heterocycles. The Morgan fingerprint density at radius 1 is 1.03 bits per heavy atom. The van der Waals surface area contributed by atoms with Crippen LogP contribution in [0.1, 0.15) is 48.5 Å². The van der Waals surface area contributed by atoms with E-state index < -0.39 is 0 Å². The predicted molar refractivity (Wildman–Crippen MR) is 122 cm³/mol. The number of unbranched alkanes of at least 4 members (excludes halogenated alkanes) is 1. The highest BCUT2D eigenvalue weighted by molar-refractivity contribution is 5.99. The van der Waals surface area contributed by atoms with Crippen molar-refractivity contribution < 1.29 is 19.1 Å². The number of aryl methyl sites for hydroxylation is 1. The quantitative estimate of drug-likeness (QED) is 0.412. The minimum atomic E-state index is 0.128. The number of para-hydroxylation sites is 2. The maximum atomic E-state index is 12.5. The Labute approximate surface area is 184 Å². The zero-order valence-corrected chi connectivity index (χ0v) is 18.5. The maximum absolute atomic E-state index is 12.5. The van der Waals surface area contributed by atoms with Crippen molar-refractivity contribution in [2.45, 2.75) is 39.0 Å². The number of carbonyl (C=O) groups is 2. The highest BCUT2D eigenvalue weighted by Crippen LogP contribution is 2.28. The second-order valence-electron chi connectivity index (χ2n) is 7.65. The molecule has 0 saturated carbocycles. The Hall–Kier alpha value is -2.86. The molecule has 0 bridgehead atoms. The van der Waals surface area contributed by atoms with Gasteiger partial charge in [-0.15, -0.1) is 0 Å². The molecule has 166 valence electrons. The van der Waals surface area contributed by atoms with Crippen LogP contribution < -0.4 is 19.7 Å². The van der Waals surface area contributed by atoms with E-state index in [4.69, 9.17) is 9.47 Å². The summed E-state index contributed by atoms with van der Waals surface area (Å²) in [5, 5.41) is 3.36. The van der Waals surface area contributed by atoms with Crippen LogP contribution in [0.4, 0.5) is 5.69 Å². The number of fused-ring (bicyclic) bond motifs is 1. The Morgan fingerprint density at radius 2 is 1.81 bits per heavy atom. The molecule has 1 aliphatic heterocycles. The molecule has 6 heteroatoms. The van der Waals surface area contributed by atoms with Crippen LogP contribution in [-0.2, 0) is 11.2 Å². The van der Waals surface area contributed by atoms with Crippen molar-refractivity contribution in [2.75, 3.05) is 38.3 Å². The van der Waals surface area contributed by atoms with Crippen molar-refractivity contribution in [3.05, 3.63) is 53.6 Å². The molecule has 2 aromatic rings. The van der Waals surface area contributed by atoms with E-state index in [0.29, 0.717) is 32.5 Å². The highest BCUT2D eigenvalue weighted by Gasteiger charge is 2.21. The van der Waals surface area contributed by atoms with Crippen molar-refractivity contribution in [3.8, 4) is 11.5 Å². The van der Waals surface area contributed by atoms with E-state index in [1.807, 2.05) is 49.4 Å². The van der Waals surface area contributed by atoms with Gasteiger partial charge in [-0.25, -0.2) is 0 Å². The molecule has 0 fully saturated rings. The number of hydrogen-bond acceptors (Lipinski definition) is 5. The van der Waals surface area contributed by atoms with Crippen molar-refractivity contribution in [1.82, 2.24) is 5.32 Å². The molecule has 0 saturated heterocycles. The average Bonchev–Trinajstić information content (AvgIpc) is 2.79. The number of amides is 1. The maximum Gasteiger partial charge on any atom is 0.227 e. The summed E-state index contributed by atoms with van der Waals surface area (Å²) in [6, 6.07) is 13.4. The molecule has 6 nitrogen and oxygen atoms in total. The summed E-state index contributed by atoms with van der Waals surface area (Å²) in [5.41, 5.74) is 2.75. The fourth-order valence-corrected chi connectivity index (χ4v) is 3.71. The van der Waals surface area contributed by atoms with Crippen LogP contribution in [0, 0.1) is 0 Å². The molecule has 0 spiro atoms. The number of nitrogens with zero attached hydrogens (tertiary/aromatic N) is 1. The first-order valence-electron chi connectivity index (χ1n) is 11.1. The zero-order valence-electron chi connectivity index (χ0n) is 18.5. The smallest absolute Gasteiger partial charge is 0.227 e. The van der Waals surface area contributed by atoms with Crippen LogP contribution in [0.3, 0.4) is 0 Å². The molecular formula is C25H32N2O4. The summed E-state index contributed by atoms with van der Waals surface area (Å²) in [5.74, 6) is 1.82. The number of hydrogen-bond donors (Lipinski definition) is 1. The number of carbonyl (C=O) groups excluding carboxylic acids is 2. The number of ketones is 1. The van der Waals surface area contributed by atoms with Gasteiger partial charge in [-0.3, -0.25) is 9.59 Å². The lowest BCUT2D eigenvalue weighted by Gasteiger charge is -2.26. The van der Waals surface area contributed by atoms with Gasteiger partial charge in [0.25, 0.3) is 0 Å². The number of benzene rings is 2. The van der Waals surface area contributed by atoms with Crippen molar-refractivity contribution in [1.29, 1.82) is 0 Å². The summed E-state index contributed by atoms with van der Waals surface area (Å²) in [7, 11) is 1.79. The van der Waals surface area contributed by atoms with Gasteiger partial charge in [-0.05, 0) is 68.6 Å². The Balaban J connectivity index is 1.32. The van der Waals surface area contributed by atoms with Gasteiger partial charge in [-0.2, -0.15) is 0 Å². The van der Waals surface area contributed by atoms with Crippen LogP contribution in [-0.4, -0.2) is 45.0 Å². The second kappa shape index (κ2) is 11.5. The summed E-state index contributed by atoms with van der Waals surface area (Å²) in [6.07, 6.45) is 3.53. The number of rotatable bonds is 12. The topological polar surface area (TPSA) is 67.9 Å². The zero-order chi connectivity index (χ0) is 22.1. The number of Topliss-reactive ketones (excluding diaryl/α,β-unsaturated/α-hetero) is 1. The predicted octanol–water partition coefficient (Wildman–Crippen LogP) is 4.02. The van der Waals surface area contributed by atoms with Crippen LogP contribution in [0.2, 0.25) is 0 Å². The molecule has 1 heterocycles. The second-order valence-corrected chi connectivity index (χ2v) is 7.65. The number of nitrogens with one attached hydrogen (secondary N) is 1. The lowest BCUT2D eigenvalue weighted by atomic mass is 9.96. The first kappa shape index (κ1) is 22.8. The fraction of sp³-hybridized carbons (Fsp3) is 0.440. The molecule has 31 heavy (non-hydrogen) atoms. The van der Waals surface area contributed by atoms with E-state index in [-0.39, 0.29) is 11.7 Å².